The van der Waals surface area contributed by atoms with Gasteiger partial charge in [0.2, 0.25) is 5.76 Å². The molecule has 0 spiro atoms. The van der Waals surface area contributed by atoms with E-state index in [-0.39, 0.29) is 5.76 Å². The van der Waals surface area contributed by atoms with Crippen molar-refractivity contribution in [3.05, 3.63) is 23.7 Å². The summed E-state index contributed by atoms with van der Waals surface area (Å²) in [5.74, 6) is -0.393. The van der Waals surface area contributed by atoms with E-state index in [9.17, 15) is 4.79 Å². The van der Waals surface area contributed by atoms with Crippen molar-refractivity contribution < 1.29 is 19.1 Å². The fourth-order valence-corrected chi connectivity index (χ4v) is 2.48. The van der Waals surface area contributed by atoms with Crippen LogP contribution in [0.15, 0.2) is 16.5 Å². The molecule has 0 bridgehead atoms. The summed E-state index contributed by atoms with van der Waals surface area (Å²) in [6.45, 7) is 2.18. The van der Waals surface area contributed by atoms with Gasteiger partial charge in [0.15, 0.2) is 0 Å². The highest BCUT2D eigenvalue weighted by molar-refractivity contribution is 5.84. The summed E-state index contributed by atoms with van der Waals surface area (Å²) in [6.07, 6.45) is 7.79. The molecule has 112 valence electrons. The molecule has 1 heterocycles. The van der Waals surface area contributed by atoms with E-state index in [2.05, 4.69) is 5.32 Å². The van der Waals surface area contributed by atoms with Gasteiger partial charge in [0.1, 0.15) is 5.76 Å². The number of nitrogens with one attached hydrogen (secondary N) is 1. The summed E-state index contributed by atoms with van der Waals surface area (Å²) in [6, 6.07) is 3.17. The van der Waals surface area contributed by atoms with Crippen LogP contribution in [-0.4, -0.2) is 30.3 Å². The van der Waals surface area contributed by atoms with Gasteiger partial charge in [0.25, 0.3) is 0 Å². The number of carbonyl (C=O) groups is 1. The number of ether oxygens (including phenoxy) is 1. The molecule has 5 nitrogen and oxygen atoms in total. The minimum Gasteiger partial charge on any atom is -0.475 e. The van der Waals surface area contributed by atoms with Crippen LogP contribution in [0.25, 0.3) is 0 Å². The van der Waals surface area contributed by atoms with Crippen molar-refractivity contribution >= 4 is 5.97 Å². The first-order valence-corrected chi connectivity index (χ1v) is 7.40. The van der Waals surface area contributed by atoms with Crippen molar-refractivity contribution in [3.8, 4) is 0 Å². The van der Waals surface area contributed by atoms with Gasteiger partial charge in [-0.2, -0.15) is 0 Å². The molecular formula is C15H23NO4. The van der Waals surface area contributed by atoms with Crippen molar-refractivity contribution in [1.29, 1.82) is 0 Å². The van der Waals surface area contributed by atoms with Crippen LogP contribution in [0.3, 0.4) is 0 Å². The molecule has 20 heavy (non-hydrogen) atoms. The topological polar surface area (TPSA) is 71.7 Å². The van der Waals surface area contributed by atoms with Crippen LogP contribution in [0.2, 0.25) is 0 Å². The van der Waals surface area contributed by atoms with Gasteiger partial charge in [0.05, 0.1) is 12.6 Å². The van der Waals surface area contributed by atoms with E-state index in [1.165, 1.54) is 38.2 Å². The van der Waals surface area contributed by atoms with E-state index in [1.807, 2.05) is 0 Å². The lowest BCUT2D eigenvalue weighted by Crippen LogP contribution is -2.20. The number of carboxylic acids is 1. The second kappa shape index (κ2) is 8.07. The van der Waals surface area contributed by atoms with Crippen molar-refractivity contribution in [1.82, 2.24) is 5.32 Å². The summed E-state index contributed by atoms with van der Waals surface area (Å²) in [5.41, 5.74) is 0. The summed E-state index contributed by atoms with van der Waals surface area (Å²) < 4.78 is 11.0. The Labute approximate surface area is 119 Å². The average molecular weight is 281 g/mol. The van der Waals surface area contributed by atoms with Crippen LogP contribution in [0, 0.1) is 0 Å². The van der Waals surface area contributed by atoms with Crippen LogP contribution in [-0.2, 0) is 11.3 Å². The predicted molar refractivity (Wildman–Crippen MR) is 74.8 cm³/mol. The Balaban J connectivity index is 1.51. The molecule has 1 saturated carbocycles. The van der Waals surface area contributed by atoms with Crippen molar-refractivity contribution in [2.45, 2.75) is 51.2 Å². The van der Waals surface area contributed by atoms with Gasteiger partial charge in [-0.25, -0.2) is 4.79 Å². The Kier molecular flexibility index (Phi) is 6.08. The minimum absolute atomic E-state index is 0.0116. The lowest BCUT2D eigenvalue weighted by atomic mass is 9.98. The van der Waals surface area contributed by atoms with Gasteiger partial charge in [0, 0.05) is 6.61 Å². The zero-order valence-corrected chi connectivity index (χ0v) is 11.8. The van der Waals surface area contributed by atoms with Crippen LogP contribution in [0.5, 0.6) is 0 Å². The molecule has 2 N–H and O–H groups in total. The van der Waals surface area contributed by atoms with Gasteiger partial charge >= 0.3 is 5.97 Å². The van der Waals surface area contributed by atoms with Gasteiger partial charge in [-0.15, -0.1) is 0 Å². The van der Waals surface area contributed by atoms with Crippen LogP contribution in [0.1, 0.15) is 54.8 Å². The normalized spacial score (nSPS) is 16.4. The number of hydrogen-bond donors (Lipinski definition) is 2. The largest absolute Gasteiger partial charge is 0.475 e. The molecule has 1 aromatic rings. The first-order chi connectivity index (χ1) is 9.75. The van der Waals surface area contributed by atoms with Gasteiger partial charge in [-0.05, 0) is 37.9 Å². The Morgan fingerprint density at radius 1 is 1.35 bits per heavy atom. The second-order valence-corrected chi connectivity index (χ2v) is 5.23. The monoisotopic (exact) mass is 281 g/mol. The molecule has 2 rings (SSSR count). The molecule has 5 heteroatoms. The molecule has 0 amide bonds. The number of rotatable bonds is 8. The van der Waals surface area contributed by atoms with Gasteiger partial charge in [-0.3, -0.25) is 0 Å². The molecule has 0 atom stereocenters. The van der Waals surface area contributed by atoms with Crippen LogP contribution < -0.4 is 5.32 Å². The SMILES string of the molecule is O=C(O)c1ccc(CNCCCOC2CCCCC2)o1. The zero-order valence-electron chi connectivity index (χ0n) is 11.8. The van der Waals surface area contributed by atoms with Crippen molar-refractivity contribution in [3.63, 3.8) is 0 Å². The zero-order chi connectivity index (χ0) is 14.2. The van der Waals surface area contributed by atoms with E-state index >= 15 is 0 Å². The molecule has 0 radical (unpaired) electrons. The molecule has 0 aliphatic heterocycles. The van der Waals surface area contributed by atoms with Gasteiger partial charge in [-0.1, -0.05) is 19.3 Å². The second-order valence-electron chi connectivity index (χ2n) is 5.23. The molecular weight excluding hydrogens is 258 g/mol. The van der Waals surface area contributed by atoms with Crippen molar-refractivity contribution in [2.75, 3.05) is 13.2 Å². The third-order valence-corrected chi connectivity index (χ3v) is 3.58. The van der Waals surface area contributed by atoms with E-state index in [4.69, 9.17) is 14.3 Å². The number of carboxylic acid groups (broad SMARTS) is 1. The van der Waals surface area contributed by atoms with Gasteiger partial charge < -0.3 is 19.6 Å². The molecule has 0 saturated heterocycles. The van der Waals surface area contributed by atoms with Crippen LogP contribution in [0.4, 0.5) is 0 Å². The summed E-state index contributed by atoms with van der Waals surface area (Å²) in [5, 5.41) is 12.0. The summed E-state index contributed by atoms with van der Waals surface area (Å²) in [4.78, 5) is 10.6. The predicted octanol–water partition coefficient (Wildman–Crippen LogP) is 2.81. The molecule has 1 aromatic heterocycles. The molecule has 1 aliphatic carbocycles. The Hall–Kier alpha value is -1.33. The maximum atomic E-state index is 10.6. The Morgan fingerprint density at radius 2 is 2.15 bits per heavy atom. The number of hydrogen-bond acceptors (Lipinski definition) is 4. The summed E-state index contributed by atoms with van der Waals surface area (Å²) in [7, 11) is 0. The maximum Gasteiger partial charge on any atom is 0.371 e. The Morgan fingerprint density at radius 3 is 2.85 bits per heavy atom. The average Bonchev–Trinajstić information content (AvgIpc) is 2.93. The highest BCUT2D eigenvalue weighted by Gasteiger charge is 2.13. The van der Waals surface area contributed by atoms with Crippen molar-refractivity contribution in [2.24, 2.45) is 0 Å². The first-order valence-electron chi connectivity index (χ1n) is 7.40. The lowest BCUT2D eigenvalue weighted by Gasteiger charge is -2.21. The fraction of sp³-hybridized carbons (Fsp3) is 0.667. The minimum atomic E-state index is -1.03. The smallest absolute Gasteiger partial charge is 0.371 e. The third kappa shape index (κ3) is 4.98. The summed E-state index contributed by atoms with van der Waals surface area (Å²) >= 11 is 0. The Bertz CT molecular complexity index is 410. The highest BCUT2D eigenvalue weighted by Crippen LogP contribution is 2.20. The maximum absolute atomic E-state index is 10.6. The first kappa shape index (κ1) is 15.1. The molecule has 1 aliphatic rings. The quantitative estimate of drug-likeness (QED) is 0.717. The standard InChI is InChI=1S/C15H23NO4/c17-15(18)14-8-7-13(20-14)11-16-9-4-10-19-12-5-2-1-3-6-12/h7-8,12,16H,1-6,9-11H2,(H,17,18). The number of aromatic carboxylic acids is 1. The molecule has 0 aromatic carbocycles. The fourth-order valence-electron chi connectivity index (χ4n) is 2.48. The lowest BCUT2D eigenvalue weighted by molar-refractivity contribution is 0.0272. The molecule has 0 unspecified atom stereocenters. The van der Waals surface area contributed by atoms with Crippen LogP contribution >= 0.6 is 0 Å². The van der Waals surface area contributed by atoms with E-state index in [1.54, 1.807) is 6.07 Å². The van der Waals surface area contributed by atoms with E-state index in [0.717, 1.165) is 19.6 Å². The molecule has 1 fully saturated rings. The van der Waals surface area contributed by atoms with E-state index in [0.29, 0.717) is 18.4 Å². The highest BCUT2D eigenvalue weighted by atomic mass is 16.5. The third-order valence-electron chi connectivity index (χ3n) is 3.58. The van der Waals surface area contributed by atoms with E-state index < -0.39 is 5.97 Å². The number of furan rings is 1.